The Morgan fingerprint density at radius 2 is 1.78 bits per heavy atom. The van der Waals surface area contributed by atoms with Gasteiger partial charge < -0.3 is 9.64 Å². The molecule has 2 saturated heterocycles. The first kappa shape index (κ1) is 21.0. The van der Waals surface area contributed by atoms with Crippen LogP contribution in [0.3, 0.4) is 0 Å². The van der Waals surface area contributed by atoms with Crippen LogP contribution in [0, 0.1) is 12.8 Å². The van der Waals surface area contributed by atoms with E-state index in [0.717, 1.165) is 67.5 Å². The molecule has 168 valence electrons. The van der Waals surface area contributed by atoms with E-state index in [0.29, 0.717) is 19.0 Å². The molecule has 0 N–H and O–H groups in total. The molecule has 3 aliphatic rings. The van der Waals surface area contributed by atoms with Crippen LogP contribution in [0.25, 0.3) is 11.1 Å². The van der Waals surface area contributed by atoms with Gasteiger partial charge in [-0.3, -0.25) is 14.6 Å². The largest absolute Gasteiger partial charge is 0.458 e. The van der Waals surface area contributed by atoms with Gasteiger partial charge in [0.25, 0.3) is 0 Å². The molecule has 2 aromatic heterocycles. The van der Waals surface area contributed by atoms with Gasteiger partial charge >= 0.3 is 5.97 Å². The second kappa shape index (κ2) is 8.60. The molecule has 32 heavy (non-hydrogen) atoms. The summed E-state index contributed by atoms with van der Waals surface area (Å²) in [6, 6.07) is 4.19. The lowest BCUT2D eigenvalue weighted by Gasteiger charge is -2.40. The number of pyridine rings is 1. The van der Waals surface area contributed by atoms with Crippen molar-refractivity contribution in [3.63, 3.8) is 0 Å². The number of nitrogens with zero attached hydrogens (tertiary/aromatic N) is 4. The number of carbonyl (C=O) groups is 2. The summed E-state index contributed by atoms with van der Waals surface area (Å²) in [6.45, 7) is 3.41. The van der Waals surface area contributed by atoms with E-state index in [1.165, 1.54) is 6.33 Å². The number of esters is 1. The molecular formula is C25H30N4O3. The van der Waals surface area contributed by atoms with Crippen molar-refractivity contribution in [2.45, 2.75) is 69.8 Å². The van der Waals surface area contributed by atoms with Crippen molar-refractivity contribution >= 4 is 11.9 Å². The molecule has 0 unspecified atom stereocenters. The average molecular weight is 435 g/mol. The maximum atomic E-state index is 13.4. The van der Waals surface area contributed by atoms with E-state index in [1.807, 2.05) is 24.2 Å². The van der Waals surface area contributed by atoms with E-state index in [4.69, 9.17) is 9.72 Å². The molecule has 4 heterocycles. The van der Waals surface area contributed by atoms with Gasteiger partial charge in [-0.15, -0.1) is 0 Å². The molecule has 5 rings (SSSR count). The average Bonchev–Trinajstić information content (AvgIpc) is 3.14. The Kier molecular flexibility index (Phi) is 5.66. The van der Waals surface area contributed by atoms with Gasteiger partial charge in [0.05, 0.1) is 12.3 Å². The summed E-state index contributed by atoms with van der Waals surface area (Å²) < 4.78 is 5.77. The zero-order valence-electron chi connectivity index (χ0n) is 18.6. The van der Waals surface area contributed by atoms with Gasteiger partial charge in [0.2, 0.25) is 5.91 Å². The van der Waals surface area contributed by atoms with E-state index >= 15 is 0 Å². The molecule has 0 radical (unpaired) electrons. The lowest BCUT2D eigenvalue weighted by atomic mass is 9.75. The number of piperidine rings is 1. The molecule has 2 aromatic rings. The number of aryl methyl sites for hydroxylation is 1. The zero-order valence-corrected chi connectivity index (χ0v) is 18.6. The van der Waals surface area contributed by atoms with Crippen LogP contribution in [-0.4, -0.2) is 50.4 Å². The van der Waals surface area contributed by atoms with Crippen LogP contribution in [-0.2, 0) is 14.3 Å². The fourth-order valence-electron chi connectivity index (χ4n) is 5.74. The SMILES string of the molecule is Cc1cc(-c2cncnc2)cc(C2CCN(C(=O)[C@@H]3CC(=O)OC34CCCCC4)CC2)n1. The van der Waals surface area contributed by atoms with Gasteiger partial charge in [-0.25, -0.2) is 9.97 Å². The van der Waals surface area contributed by atoms with E-state index < -0.39 is 5.60 Å². The van der Waals surface area contributed by atoms with Crippen molar-refractivity contribution in [1.29, 1.82) is 0 Å². The first-order valence-electron chi connectivity index (χ1n) is 11.8. The highest BCUT2D eigenvalue weighted by Gasteiger charge is 2.53. The lowest BCUT2D eigenvalue weighted by molar-refractivity contribution is -0.156. The molecule has 1 atom stereocenters. The molecule has 3 fully saturated rings. The van der Waals surface area contributed by atoms with Crippen molar-refractivity contribution in [1.82, 2.24) is 19.9 Å². The molecule has 0 aromatic carbocycles. The van der Waals surface area contributed by atoms with Gasteiger partial charge in [0.15, 0.2) is 0 Å². The summed E-state index contributed by atoms with van der Waals surface area (Å²) in [5, 5.41) is 0. The Bertz CT molecular complexity index is 996. The zero-order chi connectivity index (χ0) is 22.1. The van der Waals surface area contributed by atoms with Crippen molar-refractivity contribution < 1.29 is 14.3 Å². The van der Waals surface area contributed by atoms with Crippen LogP contribution in [0.2, 0.25) is 0 Å². The van der Waals surface area contributed by atoms with E-state index in [1.54, 1.807) is 0 Å². The van der Waals surface area contributed by atoms with Crippen LogP contribution in [0.4, 0.5) is 0 Å². The molecular weight excluding hydrogens is 404 g/mol. The number of aromatic nitrogens is 3. The van der Waals surface area contributed by atoms with E-state index in [2.05, 4.69) is 22.1 Å². The Morgan fingerprint density at radius 1 is 1.06 bits per heavy atom. The van der Waals surface area contributed by atoms with Crippen LogP contribution in [0.15, 0.2) is 30.9 Å². The summed E-state index contributed by atoms with van der Waals surface area (Å²) >= 11 is 0. The molecule has 7 nitrogen and oxygen atoms in total. The van der Waals surface area contributed by atoms with Gasteiger partial charge in [0, 0.05) is 48.4 Å². The molecule has 7 heteroatoms. The van der Waals surface area contributed by atoms with Crippen LogP contribution in [0.1, 0.15) is 68.7 Å². The van der Waals surface area contributed by atoms with Gasteiger partial charge in [-0.05, 0) is 63.1 Å². The topological polar surface area (TPSA) is 85.3 Å². The fraction of sp³-hybridized carbons (Fsp3) is 0.560. The number of ether oxygens (including phenoxy) is 1. The summed E-state index contributed by atoms with van der Waals surface area (Å²) in [6.07, 6.45) is 12.0. The van der Waals surface area contributed by atoms with Crippen molar-refractivity contribution in [3.05, 3.63) is 42.2 Å². The Hall–Kier alpha value is -2.83. The minimum absolute atomic E-state index is 0.107. The van der Waals surface area contributed by atoms with E-state index in [9.17, 15) is 9.59 Å². The highest BCUT2D eigenvalue weighted by Crippen LogP contribution is 2.45. The third-order valence-corrected chi connectivity index (χ3v) is 7.41. The number of amides is 1. The smallest absolute Gasteiger partial charge is 0.307 e. The Morgan fingerprint density at radius 3 is 2.50 bits per heavy atom. The first-order chi connectivity index (χ1) is 15.5. The van der Waals surface area contributed by atoms with Gasteiger partial charge in [0.1, 0.15) is 11.9 Å². The highest BCUT2D eigenvalue weighted by molar-refractivity contribution is 5.88. The quantitative estimate of drug-likeness (QED) is 0.683. The predicted octanol–water partition coefficient (Wildman–Crippen LogP) is 3.82. The number of hydrogen-bond acceptors (Lipinski definition) is 6. The number of carbonyl (C=O) groups excluding carboxylic acids is 2. The summed E-state index contributed by atoms with van der Waals surface area (Å²) in [4.78, 5) is 40.6. The standard InChI is InChI=1S/C25H30N4O3/c1-17-11-19(20-14-26-16-27-15-20)12-22(28-17)18-5-9-29(10-6-18)24(31)21-13-23(30)32-25(21)7-3-2-4-8-25/h11-12,14-16,18,21H,2-10,13H2,1H3/t21-/m0/s1. The van der Waals surface area contributed by atoms with Crippen molar-refractivity contribution in [3.8, 4) is 11.1 Å². The fourth-order valence-corrected chi connectivity index (χ4v) is 5.74. The maximum absolute atomic E-state index is 13.4. The second-order valence-electron chi connectivity index (χ2n) is 9.50. The number of rotatable bonds is 3. The summed E-state index contributed by atoms with van der Waals surface area (Å²) in [5.74, 6) is -0.0990. The number of likely N-dealkylation sites (tertiary alicyclic amines) is 1. The molecule has 1 spiro atoms. The third kappa shape index (κ3) is 4.00. The minimum atomic E-state index is -0.548. The second-order valence-corrected chi connectivity index (χ2v) is 9.50. The molecule has 0 bridgehead atoms. The molecule has 2 aliphatic heterocycles. The minimum Gasteiger partial charge on any atom is -0.458 e. The maximum Gasteiger partial charge on any atom is 0.307 e. The van der Waals surface area contributed by atoms with E-state index in [-0.39, 0.29) is 24.2 Å². The van der Waals surface area contributed by atoms with Crippen molar-refractivity contribution in [2.24, 2.45) is 5.92 Å². The molecule has 1 saturated carbocycles. The normalized spacial score (nSPS) is 23.3. The molecule has 1 aliphatic carbocycles. The monoisotopic (exact) mass is 434 g/mol. The van der Waals surface area contributed by atoms with Crippen LogP contribution >= 0.6 is 0 Å². The summed E-state index contributed by atoms with van der Waals surface area (Å²) in [5.41, 5.74) is 3.55. The Labute approximate surface area is 188 Å². The summed E-state index contributed by atoms with van der Waals surface area (Å²) in [7, 11) is 0. The van der Waals surface area contributed by atoms with Crippen molar-refractivity contribution in [2.75, 3.05) is 13.1 Å². The third-order valence-electron chi connectivity index (χ3n) is 7.41. The van der Waals surface area contributed by atoms with Gasteiger partial charge in [-0.2, -0.15) is 0 Å². The highest BCUT2D eigenvalue weighted by atomic mass is 16.6. The molecule has 1 amide bonds. The van der Waals surface area contributed by atoms with Crippen LogP contribution in [0.5, 0.6) is 0 Å². The predicted molar refractivity (Wildman–Crippen MR) is 119 cm³/mol. The lowest BCUT2D eigenvalue weighted by Crippen LogP contribution is -2.49. The van der Waals surface area contributed by atoms with Gasteiger partial charge in [-0.1, -0.05) is 6.42 Å². The number of hydrogen-bond donors (Lipinski definition) is 0. The first-order valence-corrected chi connectivity index (χ1v) is 11.8. The Balaban J connectivity index is 1.28. The van der Waals surface area contributed by atoms with Crippen LogP contribution < -0.4 is 0 Å².